The van der Waals surface area contributed by atoms with E-state index in [0.717, 1.165) is 34.3 Å². The zero-order chi connectivity index (χ0) is 17.4. The molecule has 5 heteroatoms. The molecule has 4 rings (SSSR count). The number of aromatic nitrogens is 3. The first kappa shape index (κ1) is 15.6. The van der Waals surface area contributed by atoms with E-state index in [2.05, 4.69) is 9.97 Å². The van der Waals surface area contributed by atoms with E-state index < -0.39 is 0 Å². The summed E-state index contributed by atoms with van der Waals surface area (Å²) < 4.78 is 1.80. The van der Waals surface area contributed by atoms with E-state index in [1.807, 2.05) is 24.5 Å². The van der Waals surface area contributed by atoms with Crippen LogP contribution in [0.4, 0.5) is 0 Å². The van der Waals surface area contributed by atoms with Crippen molar-refractivity contribution in [1.29, 1.82) is 0 Å². The summed E-state index contributed by atoms with van der Waals surface area (Å²) in [5, 5.41) is 0.954. The van der Waals surface area contributed by atoms with Gasteiger partial charge in [0.15, 0.2) is 5.78 Å². The van der Waals surface area contributed by atoms with E-state index in [4.69, 9.17) is 0 Å². The highest BCUT2D eigenvalue weighted by Gasteiger charge is 2.22. The molecule has 0 saturated heterocycles. The second-order valence-corrected chi connectivity index (χ2v) is 6.66. The third-order valence-corrected chi connectivity index (χ3v) is 4.53. The van der Waals surface area contributed by atoms with Gasteiger partial charge in [-0.05, 0) is 55.5 Å². The molecule has 0 radical (unpaired) electrons. The van der Waals surface area contributed by atoms with Crippen molar-refractivity contribution < 1.29 is 4.79 Å². The fraction of sp³-hybridized carbons (Fsp3) is 0.250. The zero-order valence-corrected chi connectivity index (χ0v) is 14.0. The van der Waals surface area contributed by atoms with Crippen molar-refractivity contribution in [3.05, 3.63) is 58.8 Å². The molecule has 1 aliphatic rings. The summed E-state index contributed by atoms with van der Waals surface area (Å²) in [6, 6.07) is 5.50. The molecule has 5 nitrogen and oxygen atoms in total. The van der Waals surface area contributed by atoms with Crippen molar-refractivity contribution in [3.8, 4) is 11.1 Å². The maximum atomic E-state index is 12.0. The summed E-state index contributed by atoms with van der Waals surface area (Å²) in [5.41, 5.74) is 3.66. The molecule has 0 amide bonds. The second kappa shape index (κ2) is 6.16. The summed E-state index contributed by atoms with van der Waals surface area (Å²) in [7, 11) is 0. The molecule has 0 aliphatic heterocycles. The SMILES string of the molecule is CC(=O)/C=C/c1c[nH]c2ncc(-c3ccc(=O)n(CC4CC4)c3)cc12. The molecule has 0 bridgehead atoms. The number of nitrogens with zero attached hydrogens (tertiary/aromatic N) is 2. The lowest BCUT2D eigenvalue weighted by Crippen LogP contribution is -2.19. The van der Waals surface area contributed by atoms with Crippen LogP contribution in [0.5, 0.6) is 0 Å². The van der Waals surface area contributed by atoms with Gasteiger partial charge in [-0.1, -0.05) is 0 Å². The van der Waals surface area contributed by atoms with Gasteiger partial charge in [-0.25, -0.2) is 4.98 Å². The van der Waals surface area contributed by atoms with Gasteiger partial charge in [0.1, 0.15) is 5.65 Å². The van der Waals surface area contributed by atoms with Crippen molar-refractivity contribution in [2.75, 3.05) is 0 Å². The number of H-pyrrole nitrogens is 1. The van der Waals surface area contributed by atoms with Gasteiger partial charge in [0.2, 0.25) is 0 Å². The molecule has 3 heterocycles. The van der Waals surface area contributed by atoms with Crippen LogP contribution in [-0.4, -0.2) is 20.3 Å². The van der Waals surface area contributed by atoms with Gasteiger partial charge in [0.05, 0.1) is 0 Å². The largest absolute Gasteiger partial charge is 0.346 e. The molecule has 1 N–H and O–H groups in total. The number of carbonyl (C=O) groups excluding carboxylic acids is 1. The number of allylic oxidation sites excluding steroid dienone is 1. The first-order valence-corrected chi connectivity index (χ1v) is 8.47. The Bertz CT molecular complexity index is 1040. The molecule has 3 aromatic rings. The molecular formula is C20H19N3O2. The van der Waals surface area contributed by atoms with Crippen LogP contribution in [-0.2, 0) is 11.3 Å². The topological polar surface area (TPSA) is 67.8 Å². The van der Waals surface area contributed by atoms with Crippen LogP contribution in [0.3, 0.4) is 0 Å². The highest BCUT2D eigenvalue weighted by atomic mass is 16.1. The van der Waals surface area contributed by atoms with Crippen LogP contribution in [0.25, 0.3) is 28.2 Å². The van der Waals surface area contributed by atoms with Gasteiger partial charge in [0, 0.05) is 47.7 Å². The van der Waals surface area contributed by atoms with Crippen LogP contribution in [0.2, 0.25) is 0 Å². The number of fused-ring (bicyclic) bond motifs is 1. The van der Waals surface area contributed by atoms with Gasteiger partial charge >= 0.3 is 0 Å². The molecular weight excluding hydrogens is 314 g/mol. The van der Waals surface area contributed by atoms with Crippen LogP contribution in [0.1, 0.15) is 25.3 Å². The van der Waals surface area contributed by atoms with Gasteiger partial charge in [-0.3, -0.25) is 9.59 Å². The standard InChI is InChI=1S/C20H19N3O2/c1-13(24)2-5-15-9-21-20-18(15)8-17(10-22-20)16-6-7-19(25)23(12-16)11-14-3-4-14/h2,5-10,12,14H,3-4,11H2,1H3,(H,21,22)/b5-2+. The van der Waals surface area contributed by atoms with Crippen molar-refractivity contribution in [2.24, 2.45) is 5.92 Å². The molecule has 1 aliphatic carbocycles. The monoisotopic (exact) mass is 333 g/mol. The lowest BCUT2D eigenvalue weighted by Gasteiger charge is -2.08. The lowest BCUT2D eigenvalue weighted by atomic mass is 10.1. The van der Waals surface area contributed by atoms with Crippen LogP contribution < -0.4 is 5.56 Å². The highest BCUT2D eigenvalue weighted by molar-refractivity contribution is 5.96. The number of pyridine rings is 2. The molecule has 126 valence electrons. The van der Waals surface area contributed by atoms with E-state index in [-0.39, 0.29) is 11.3 Å². The van der Waals surface area contributed by atoms with E-state index in [9.17, 15) is 9.59 Å². The maximum absolute atomic E-state index is 12.0. The summed E-state index contributed by atoms with van der Waals surface area (Å²) in [5.74, 6) is 0.646. The summed E-state index contributed by atoms with van der Waals surface area (Å²) in [4.78, 5) is 30.8. The molecule has 0 atom stereocenters. The first-order chi connectivity index (χ1) is 12.1. The smallest absolute Gasteiger partial charge is 0.250 e. The van der Waals surface area contributed by atoms with E-state index in [1.165, 1.54) is 19.8 Å². The van der Waals surface area contributed by atoms with Crippen molar-refractivity contribution in [2.45, 2.75) is 26.3 Å². The Morgan fingerprint density at radius 3 is 2.96 bits per heavy atom. The maximum Gasteiger partial charge on any atom is 0.250 e. The minimum atomic E-state index is 0.00520. The molecule has 1 saturated carbocycles. The van der Waals surface area contributed by atoms with Gasteiger partial charge < -0.3 is 9.55 Å². The Balaban J connectivity index is 1.74. The normalized spacial score (nSPS) is 14.4. The van der Waals surface area contributed by atoms with Crippen LogP contribution >= 0.6 is 0 Å². The van der Waals surface area contributed by atoms with Crippen molar-refractivity contribution in [1.82, 2.24) is 14.5 Å². The Morgan fingerprint density at radius 2 is 2.20 bits per heavy atom. The quantitative estimate of drug-likeness (QED) is 0.728. The Morgan fingerprint density at radius 1 is 1.36 bits per heavy atom. The van der Waals surface area contributed by atoms with Crippen molar-refractivity contribution in [3.63, 3.8) is 0 Å². The third-order valence-electron chi connectivity index (χ3n) is 4.53. The predicted molar refractivity (Wildman–Crippen MR) is 98.2 cm³/mol. The molecule has 3 aromatic heterocycles. The number of hydrogen-bond acceptors (Lipinski definition) is 3. The number of rotatable bonds is 5. The van der Waals surface area contributed by atoms with E-state index in [0.29, 0.717) is 5.92 Å². The second-order valence-electron chi connectivity index (χ2n) is 6.66. The first-order valence-electron chi connectivity index (χ1n) is 8.47. The molecule has 1 fully saturated rings. The average molecular weight is 333 g/mol. The summed E-state index contributed by atoms with van der Waals surface area (Å²) >= 11 is 0. The van der Waals surface area contributed by atoms with Crippen LogP contribution in [0, 0.1) is 5.92 Å². The fourth-order valence-electron chi connectivity index (χ4n) is 2.95. The Hall–Kier alpha value is -2.95. The molecule has 0 spiro atoms. The van der Waals surface area contributed by atoms with Crippen molar-refractivity contribution >= 4 is 22.9 Å². The van der Waals surface area contributed by atoms with Gasteiger partial charge in [0.25, 0.3) is 5.56 Å². The Labute approximate surface area is 145 Å². The van der Waals surface area contributed by atoms with E-state index >= 15 is 0 Å². The molecule has 0 unspecified atom stereocenters. The van der Waals surface area contributed by atoms with Gasteiger partial charge in [-0.2, -0.15) is 0 Å². The number of carbonyl (C=O) groups is 1. The number of ketones is 1. The lowest BCUT2D eigenvalue weighted by molar-refractivity contribution is -0.112. The predicted octanol–water partition coefficient (Wildman–Crippen LogP) is 3.40. The zero-order valence-electron chi connectivity index (χ0n) is 14.0. The van der Waals surface area contributed by atoms with Crippen LogP contribution in [0.15, 0.2) is 47.7 Å². The summed E-state index contributed by atoms with van der Waals surface area (Å²) in [6.45, 7) is 2.32. The Kier molecular flexibility index (Phi) is 3.84. The average Bonchev–Trinajstić information content (AvgIpc) is 3.32. The summed E-state index contributed by atoms with van der Waals surface area (Å²) in [6.07, 6.45) is 11.3. The molecule has 0 aromatic carbocycles. The minimum Gasteiger partial charge on any atom is -0.346 e. The number of aromatic amines is 1. The highest BCUT2D eigenvalue weighted by Crippen LogP contribution is 2.31. The van der Waals surface area contributed by atoms with E-state index in [1.54, 1.807) is 29.0 Å². The minimum absolute atomic E-state index is 0.00520. The van der Waals surface area contributed by atoms with Gasteiger partial charge in [-0.15, -0.1) is 0 Å². The third kappa shape index (κ3) is 3.31. The fourth-order valence-corrected chi connectivity index (χ4v) is 2.95. The number of nitrogens with one attached hydrogen (secondary N) is 1. The molecule has 25 heavy (non-hydrogen) atoms. The number of hydrogen-bond donors (Lipinski definition) is 1.